The molecule has 6 heterocycles. The van der Waals surface area contributed by atoms with Crippen molar-refractivity contribution in [3.63, 3.8) is 0 Å². The number of fused-ring (bicyclic) bond motifs is 6. The van der Waals surface area contributed by atoms with Gasteiger partial charge in [-0.1, -0.05) is 102 Å². The summed E-state index contributed by atoms with van der Waals surface area (Å²) in [5.74, 6) is 0.218. The molecule has 0 saturated heterocycles. The van der Waals surface area contributed by atoms with Crippen molar-refractivity contribution in [2.24, 2.45) is 0 Å². The SMILES string of the molecule is C[C@@H]1Cc2cc(-c3cc(Cl)c4nc(C(=O)N5[C@H](C)Cc6ccccc6[C@@H]5C)[nH]c4c3)ccc2[C@@H](C)N1C(=O)c1nc2c(Cl)cc(-c3ccc4c(c3)C[C@H](C)N(C(=O)c3nc5c(Cl)cccc5[nH]3)[C@H]4C)cc2[nH]1. The number of hydrogen-bond donors (Lipinski definition) is 3. The minimum atomic E-state index is -0.243. The van der Waals surface area contributed by atoms with Crippen molar-refractivity contribution in [3.8, 4) is 22.3 Å². The highest BCUT2D eigenvalue weighted by atomic mass is 35.5. The summed E-state index contributed by atoms with van der Waals surface area (Å²) in [5.41, 5.74) is 14.3. The summed E-state index contributed by atoms with van der Waals surface area (Å²) in [6, 6.07) is 33.4. The molecule has 15 heteroatoms. The van der Waals surface area contributed by atoms with Crippen molar-refractivity contribution in [1.82, 2.24) is 44.6 Å². The lowest BCUT2D eigenvalue weighted by atomic mass is 9.87. The Balaban J connectivity index is 0.767. The van der Waals surface area contributed by atoms with Crippen molar-refractivity contribution in [2.45, 2.75) is 97.1 Å². The summed E-state index contributed by atoms with van der Waals surface area (Å²) in [6.45, 7) is 12.4. The molecule has 72 heavy (non-hydrogen) atoms. The Hall–Kier alpha value is -6.99. The van der Waals surface area contributed by atoms with Crippen LogP contribution >= 0.6 is 34.8 Å². The molecule has 362 valence electrons. The second-order valence-electron chi connectivity index (χ2n) is 20.0. The molecule has 0 radical (unpaired) electrons. The summed E-state index contributed by atoms with van der Waals surface area (Å²) in [6.07, 6.45) is 2.07. The Morgan fingerprint density at radius 1 is 0.431 bits per heavy atom. The van der Waals surface area contributed by atoms with E-state index in [2.05, 4.69) is 97.0 Å². The Kier molecular flexibility index (Phi) is 11.1. The molecule has 0 spiro atoms. The Morgan fingerprint density at radius 3 is 1.29 bits per heavy atom. The number of nitrogens with zero attached hydrogens (tertiary/aromatic N) is 6. The van der Waals surface area contributed by atoms with Gasteiger partial charge in [0.15, 0.2) is 17.5 Å². The first kappa shape index (κ1) is 46.1. The third kappa shape index (κ3) is 7.48. The number of rotatable bonds is 5. The molecule has 3 aliphatic rings. The number of aromatic amines is 3. The molecule has 3 amide bonds. The van der Waals surface area contributed by atoms with Gasteiger partial charge in [-0.25, -0.2) is 15.0 Å². The number of para-hydroxylation sites is 1. The fourth-order valence-electron chi connectivity index (χ4n) is 12.0. The van der Waals surface area contributed by atoms with Gasteiger partial charge in [0.1, 0.15) is 16.6 Å². The van der Waals surface area contributed by atoms with Crippen LogP contribution in [0.3, 0.4) is 0 Å². The van der Waals surface area contributed by atoms with E-state index in [0.717, 1.165) is 62.0 Å². The van der Waals surface area contributed by atoms with Crippen LogP contribution in [0.25, 0.3) is 55.4 Å². The van der Waals surface area contributed by atoms with Gasteiger partial charge in [0.05, 0.1) is 49.7 Å². The Morgan fingerprint density at radius 2 is 0.833 bits per heavy atom. The molecule has 0 saturated carbocycles. The molecule has 12 nitrogen and oxygen atoms in total. The number of amides is 3. The fourth-order valence-corrected chi connectivity index (χ4v) is 12.7. The maximum Gasteiger partial charge on any atom is 0.290 e. The van der Waals surface area contributed by atoms with Crippen LogP contribution < -0.4 is 0 Å². The van der Waals surface area contributed by atoms with E-state index >= 15 is 0 Å². The molecule has 0 aliphatic carbocycles. The van der Waals surface area contributed by atoms with E-state index in [1.807, 2.05) is 76.2 Å². The lowest BCUT2D eigenvalue weighted by Gasteiger charge is -2.40. The first-order valence-corrected chi connectivity index (χ1v) is 25.6. The Labute approximate surface area is 430 Å². The summed E-state index contributed by atoms with van der Waals surface area (Å²) in [7, 11) is 0. The smallest absolute Gasteiger partial charge is 0.290 e. The van der Waals surface area contributed by atoms with Gasteiger partial charge in [-0.2, -0.15) is 0 Å². The molecule has 3 aliphatic heterocycles. The van der Waals surface area contributed by atoms with Gasteiger partial charge in [-0.3, -0.25) is 14.4 Å². The lowest BCUT2D eigenvalue weighted by Crippen LogP contribution is -2.45. The molecule has 0 fully saturated rings. The quantitative estimate of drug-likeness (QED) is 0.156. The van der Waals surface area contributed by atoms with Gasteiger partial charge in [-0.15, -0.1) is 0 Å². The van der Waals surface area contributed by atoms with Gasteiger partial charge >= 0.3 is 0 Å². The van der Waals surface area contributed by atoms with Crippen LogP contribution in [0.1, 0.15) is 125 Å². The van der Waals surface area contributed by atoms with Crippen molar-refractivity contribution in [2.75, 3.05) is 0 Å². The molecule has 3 aromatic heterocycles. The number of hydrogen-bond acceptors (Lipinski definition) is 6. The first-order chi connectivity index (χ1) is 34.6. The summed E-state index contributed by atoms with van der Waals surface area (Å²) in [4.78, 5) is 72.0. The van der Waals surface area contributed by atoms with Crippen molar-refractivity contribution < 1.29 is 14.4 Å². The van der Waals surface area contributed by atoms with Crippen LogP contribution in [0.4, 0.5) is 0 Å². The van der Waals surface area contributed by atoms with Gasteiger partial charge in [0.2, 0.25) is 0 Å². The van der Waals surface area contributed by atoms with E-state index in [4.69, 9.17) is 44.8 Å². The zero-order chi connectivity index (χ0) is 50.0. The van der Waals surface area contributed by atoms with Crippen LogP contribution in [0, 0.1) is 0 Å². The Bertz CT molecular complexity index is 3750. The predicted molar refractivity (Wildman–Crippen MR) is 284 cm³/mol. The van der Waals surface area contributed by atoms with E-state index in [9.17, 15) is 14.4 Å². The summed E-state index contributed by atoms with van der Waals surface area (Å²) in [5, 5.41) is 1.39. The molecule has 3 N–H and O–H groups in total. The van der Waals surface area contributed by atoms with Crippen LogP contribution in [-0.4, -0.2) is 80.5 Å². The number of nitrogens with one attached hydrogen (secondary N) is 3. The predicted octanol–water partition coefficient (Wildman–Crippen LogP) is 13.1. The number of imidazole rings is 3. The molecular weight excluding hydrogens is 965 g/mol. The highest BCUT2D eigenvalue weighted by Crippen LogP contribution is 2.41. The molecule has 12 rings (SSSR count). The number of carbonyl (C=O) groups excluding carboxylic acids is 3. The zero-order valence-corrected chi connectivity index (χ0v) is 42.7. The van der Waals surface area contributed by atoms with Crippen LogP contribution in [0.15, 0.2) is 103 Å². The number of H-pyrrole nitrogens is 3. The third-order valence-corrected chi connectivity index (χ3v) is 16.3. The molecule has 0 bridgehead atoms. The fraction of sp³-hybridized carbons (Fsp3) is 0.263. The highest BCUT2D eigenvalue weighted by Gasteiger charge is 2.38. The van der Waals surface area contributed by atoms with Crippen molar-refractivity contribution >= 4 is 85.6 Å². The molecular formula is C57H50Cl3N9O3. The summed E-state index contributed by atoms with van der Waals surface area (Å²) >= 11 is 20.3. The summed E-state index contributed by atoms with van der Waals surface area (Å²) < 4.78 is 0. The van der Waals surface area contributed by atoms with Crippen LogP contribution in [0.2, 0.25) is 15.1 Å². The zero-order valence-electron chi connectivity index (χ0n) is 40.4. The van der Waals surface area contributed by atoms with Gasteiger partial charge in [0.25, 0.3) is 17.7 Å². The number of carbonyl (C=O) groups is 3. The van der Waals surface area contributed by atoms with Crippen molar-refractivity contribution in [1.29, 1.82) is 0 Å². The monoisotopic (exact) mass is 1010 g/mol. The molecule has 6 atom stereocenters. The van der Waals surface area contributed by atoms with E-state index in [0.29, 0.717) is 55.5 Å². The first-order valence-electron chi connectivity index (χ1n) is 24.5. The van der Waals surface area contributed by atoms with Crippen LogP contribution in [-0.2, 0) is 19.3 Å². The van der Waals surface area contributed by atoms with E-state index < -0.39 is 0 Å². The van der Waals surface area contributed by atoms with E-state index in [1.165, 1.54) is 5.56 Å². The van der Waals surface area contributed by atoms with Crippen molar-refractivity contribution in [3.05, 3.63) is 169 Å². The standard InChI is InChI=1S/C57H50Cl3N9O3/c1-27-18-35-10-7-8-11-40(35)30(4)67(27)56(71)53-62-47-25-36(23-44(59)50(47)65-53)34-15-17-42-32(6)69(29(3)20-39(42)22-34)57(72)54-63-48-26-37(24-45(60)51(48)66-54)33-14-16-41-31(5)68(28(2)19-38(41)21-33)55(70)52-61-46-13-9-12-43(58)49(46)64-52/h7-17,21-32H,18-20H2,1-6H3,(H,61,64)(H,62,65)(H,63,66)/t27-,28+,29-,30+,31+,32-/m1/s1. The minimum Gasteiger partial charge on any atom is -0.334 e. The second-order valence-corrected chi connectivity index (χ2v) is 21.2. The van der Waals surface area contributed by atoms with Crippen LogP contribution in [0.5, 0.6) is 0 Å². The molecule has 6 aromatic carbocycles. The molecule has 9 aromatic rings. The highest BCUT2D eigenvalue weighted by molar-refractivity contribution is 6.36. The minimum absolute atomic E-state index is 0.00707. The third-order valence-electron chi connectivity index (χ3n) is 15.4. The van der Waals surface area contributed by atoms with E-state index in [-0.39, 0.29) is 71.4 Å². The average Bonchev–Trinajstić information content (AvgIpc) is 4.12. The van der Waals surface area contributed by atoms with E-state index in [1.54, 1.807) is 6.07 Å². The maximum atomic E-state index is 14.5. The maximum absolute atomic E-state index is 14.5. The van der Waals surface area contributed by atoms with Gasteiger partial charge in [-0.05, 0) is 153 Å². The lowest BCUT2D eigenvalue weighted by molar-refractivity contribution is 0.0561. The largest absolute Gasteiger partial charge is 0.334 e. The second kappa shape index (κ2) is 17.4. The number of aromatic nitrogens is 6. The number of halogens is 3. The van der Waals surface area contributed by atoms with Gasteiger partial charge < -0.3 is 29.7 Å². The normalized spacial score (nSPS) is 20.8. The number of benzene rings is 6. The topological polar surface area (TPSA) is 147 Å². The van der Waals surface area contributed by atoms with Gasteiger partial charge in [0, 0.05) is 18.1 Å². The average molecular weight is 1020 g/mol. The molecule has 0 unspecified atom stereocenters.